The summed E-state index contributed by atoms with van der Waals surface area (Å²) in [5, 5.41) is 3.34. The van der Waals surface area contributed by atoms with Gasteiger partial charge in [0.1, 0.15) is 12.1 Å². The summed E-state index contributed by atoms with van der Waals surface area (Å²) in [6.45, 7) is 6.55. The number of rotatable bonds is 5. The van der Waals surface area contributed by atoms with Gasteiger partial charge in [-0.2, -0.15) is 0 Å². The molecule has 0 spiro atoms. The molecule has 0 unspecified atom stereocenters. The Morgan fingerprint density at radius 3 is 3.00 bits per heavy atom. The molecule has 1 aromatic heterocycles. The monoisotopic (exact) mass is 282 g/mol. The maximum Gasteiger partial charge on any atom is 0.129 e. The second kappa shape index (κ2) is 6.68. The van der Waals surface area contributed by atoms with E-state index in [1.54, 1.807) is 12.5 Å². The lowest BCUT2D eigenvalue weighted by atomic mass is 9.94. The van der Waals surface area contributed by atoms with Crippen LogP contribution in [0, 0.1) is 6.92 Å². The van der Waals surface area contributed by atoms with Gasteiger partial charge in [-0.1, -0.05) is 24.3 Å². The Morgan fingerprint density at radius 2 is 2.19 bits per heavy atom. The Bertz CT molecular complexity index is 570. The predicted octanol–water partition coefficient (Wildman–Crippen LogP) is 2.69. The maximum absolute atomic E-state index is 4.18. The topological polar surface area (TPSA) is 41.0 Å². The highest BCUT2D eigenvalue weighted by atomic mass is 15.2. The molecule has 0 saturated carbocycles. The minimum atomic E-state index is 0.685. The van der Waals surface area contributed by atoms with Crippen molar-refractivity contribution in [1.29, 1.82) is 0 Å². The lowest BCUT2D eigenvalue weighted by Gasteiger charge is -2.17. The first-order valence-corrected chi connectivity index (χ1v) is 7.60. The van der Waals surface area contributed by atoms with E-state index in [0.717, 1.165) is 25.5 Å². The van der Waals surface area contributed by atoms with Gasteiger partial charge in [0.15, 0.2) is 0 Å². The summed E-state index contributed by atoms with van der Waals surface area (Å²) in [6.07, 6.45) is 4.60. The average Bonchev–Trinajstić information content (AvgIpc) is 2.97. The zero-order chi connectivity index (χ0) is 14.5. The van der Waals surface area contributed by atoms with Crippen LogP contribution in [-0.4, -0.2) is 41.0 Å². The van der Waals surface area contributed by atoms with Crippen molar-refractivity contribution in [3.05, 3.63) is 54.0 Å². The summed E-state index contributed by atoms with van der Waals surface area (Å²) in [6, 6.07) is 10.7. The molecule has 0 aliphatic carbocycles. The van der Waals surface area contributed by atoms with Crippen LogP contribution in [0.2, 0.25) is 0 Å². The van der Waals surface area contributed by atoms with Gasteiger partial charge in [0.05, 0.1) is 0 Å². The van der Waals surface area contributed by atoms with Gasteiger partial charge in [0.2, 0.25) is 0 Å². The summed E-state index contributed by atoms with van der Waals surface area (Å²) in [5.41, 5.74) is 2.94. The van der Waals surface area contributed by atoms with E-state index in [-0.39, 0.29) is 0 Å². The van der Waals surface area contributed by atoms with E-state index in [0.29, 0.717) is 5.92 Å². The SMILES string of the molecule is Cc1ccccc1[C@H]1CCN(CCNc2ccncn2)C1. The zero-order valence-electron chi connectivity index (χ0n) is 12.5. The molecule has 0 bridgehead atoms. The lowest BCUT2D eigenvalue weighted by Crippen LogP contribution is -2.27. The average molecular weight is 282 g/mol. The molecule has 2 heterocycles. The number of nitrogens with one attached hydrogen (secondary N) is 1. The summed E-state index contributed by atoms with van der Waals surface area (Å²) < 4.78 is 0. The summed E-state index contributed by atoms with van der Waals surface area (Å²) in [7, 11) is 0. The normalized spacial score (nSPS) is 18.8. The van der Waals surface area contributed by atoms with Gasteiger partial charge in [0.25, 0.3) is 0 Å². The van der Waals surface area contributed by atoms with Gasteiger partial charge in [-0.25, -0.2) is 9.97 Å². The molecule has 1 fully saturated rings. The quantitative estimate of drug-likeness (QED) is 0.915. The number of aryl methyl sites for hydroxylation is 1. The Kier molecular flexibility index (Phi) is 4.46. The van der Waals surface area contributed by atoms with E-state index < -0.39 is 0 Å². The number of anilines is 1. The second-order valence-electron chi connectivity index (χ2n) is 5.66. The summed E-state index contributed by atoms with van der Waals surface area (Å²) in [4.78, 5) is 10.6. The summed E-state index contributed by atoms with van der Waals surface area (Å²) in [5.74, 6) is 1.59. The van der Waals surface area contributed by atoms with Crippen molar-refractivity contribution in [3.63, 3.8) is 0 Å². The number of aromatic nitrogens is 2. The minimum absolute atomic E-state index is 0.685. The highest BCUT2D eigenvalue weighted by molar-refractivity contribution is 5.32. The van der Waals surface area contributed by atoms with Crippen LogP contribution in [0.15, 0.2) is 42.9 Å². The van der Waals surface area contributed by atoms with E-state index >= 15 is 0 Å². The second-order valence-corrected chi connectivity index (χ2v) is 5.66. The molecule has 1 aliphatic heterocycles. The fourth-order valence-corrected chi connectivity index (χ4v) is 3.07. The molecule has 1 atom stereocenters. The highest BCUT2D eigenvalue weighted by Crippen LogP contribution is 2.28. The third-order valence-electron chi connectivity index (χ3n) is 4.22. The number of likely N-dealkylation sites (tertiary alicyclic amines) is 1. The molecule has 2 aromatic rings. The molecule has 1 N–H and O–H groups in total. The number of hydrogen-bond acceptors (Lipinski definition) is 4. The smallest absolute Gasteiger partial charge is 0.129 e. The fraction of sp³-hybridized carbons (Fsp3) is 0.412. The lowest BCUT2D eigenvalue weighted by molar-refractivity contribution is 0.347. The number of nitrogens with zero attached hydrogens (tertiary/aromatic N) is 3. The van der Waals surface area contributed by atoms with E-state index in [4.69, 9.17) is 0 Å². The van der Waals surface area contributed by atoms with Gasteiger partial charge in [-0.05, 0) is 43.0 Å². The fourth-order valence-electron chi connectivity index (χ4n) is 3.07. The van der Waals surface area contributed by atoms with Crippen LogP contribution < -0.4 is 5.32 Å². The van der Waals surface area contributed by atoms with Crippen LogP contribution in [0.4, 0.5) is 5.82 Å². The van der Waals surface area contributed by atoms with E-state index in [2.05, 4.69) is 51.4 Å². The standard InChI is InChI=1S/C17H22N4/c1-14-4-2-3-5-16(14)15-7-10-21(12-15)11-9-19-17-6-8-18-13-20-17/h2-6,8,13,15H,7,9-12H2,1H3,(H,18,19,20)/t15-/m0/s1. The van der Waals surface area contributed by atoms with Crippen molar-refractivity contribution in [2.45, 2.75) is 19.3 Å². The van der Waals surface area contributed by atoms with Crippen LogP contribution in [0.25, 0.3) is 0 Å². The van der Waals surface area contributed by atoms with Crippen LogP contribution >= 0.6 is 0 Å². The van der Waals surface area contributed by atoms with E-state index in [1.807, 2.05) is 6.07 Å². The van der Waals surface area contributed by atoms with Crippen molar-refractivity contribution >= 4 is 5.82 Å². The molecule has 1 aromatic carbocycles. The molecule has 21 heavy (non-hydrogen) atoms. The zero-order valence-corrected chi connectivity index (χ0v) is 12.5. The van der Waals surface area contributed by atoms with Crippen LogP contribution in [-0.2, 0) is 0 Å². The largest absolute Gasteiger partial charge is 0.369 e. The Labute approximate surface area is 126 Å². The van der Waals surface area contributed by atoms with E-state index in [9.17, 15) is 0 Å². The van der Waals surface area contributed by atoms with Crippen molar-refractivity contribution in [2.24, 2.45) is 0 Å². The maximum atomic E-state index is 4.18. The number of hydrogen-bond donors (Lipinski definition) is 1. The molecule has 1 aliphatic rings. The first-order valence-electron chi connectivity index (χ1n) is 7.60. The van der Waals surface area contributed by atoms with Crippen LogP contribution in [0.3, 0.4) is 0 Å². The van der Waals surface area contributed by atoms with Crippen LogP contribution in [0.5, 0.6) is 0 Å². The molecule has 110 valence electrons. The van der Waals surface area contributed by atoms with Gasteiger partial charge in [-0.3, -0.25) is 0 Å². The van der Waals surface area contributed by atoms with Crippen molar-refractivity contribution in [3.8, 4) is 0 Å². The third kappa shape index (κ3) is 3.58. The van der Waals surface area contributed by atoms with Crippen molar-refractivity contribution in [2.75, 3.05) is 31.5 Å². The minimum Gasteiger partial charge on any atom is -0.369 e. The Morgan fingerprint density at radius 1 is 1.29 bits per heavy atom. The molecule has 1 saturated heterocycles. The molecular weight excluding hydrogens is 260 g/mol. The summed E-state index contributed by atoms with van der Waals surface area (Å²) >= 11 is 0. The Hall–Kier alpha value is -1.94. The van der Waals surface area contributed by atoms with Gasteiger partial charge in [0, 0.05) is 25.8 Å². The predicted molar refractivity (Wildman–Crippen MR) is 85.5 cm³/mol. The van der Waals surface area contributed by atoms with Crippen molar-refractivity contribution < 1.29 is 0 Å². The Balaban J connectivity index is 1.48. The van der Waals surface area contributed by atoms with E-state index in [1.165, 1.54) is 24.1 Å². The first-order chi connectivity index (χ1) is 10.3. The molecule has 0 radical (unpaired) electrons. The molecule has 4 nitrogen and oxygen atoms in total. The first kappa shape index (κ1) is 14.0. The van der Waals surface area contributed by atoms with Gasteiger partial charge in [-0.15, -0.1) is 0 Å². The molecule has 0 amide bonds. The molecule has 4 heteroatoms. The van der Waals surface area contributed by atoms with Crippen LogP contribution in [0.1, 0.15) is 23.5 Å². The molecule has 3 rings (SSSR count). The number of benzene rings is 1. The van der Waals surface area contributed by atoms with Gasteiger partial charge >= 0.3 is 0 Å². The van der Waals surface area contributed by atoms with Gasteiger partial charge < -0.3 is 10.2 Å². The molecular formula is C17H22N4. The third-order valence-corrected chi connectivity index (χ3v) is 4.22. The highest BCUT2D eigenvalue weighted by Gasteiger charge is 2.24. The van der Waals surface area contributed by atoms with Crippen molar-refractivity contribution in [1.82, 2.24) is 14.9 Å².